The van der Waals surface area contributed by atoms with Gasteiger partial charge in [0.1, 0.15) is 12.4 Å². The van der Waals surface area contributed by atoms with Gasteiger partial charge in [0.25, 0.3) is 0 Å². The van der Waals surface area contributed by atoms with Crippen molar-refractivity contribution in [3.63, 3.8) is 0 Å². The molecule has 128 valence electrons. The summed E-state index contributed by atoms with van der Waals surface area (Å²) < 4.78 is 18.3. The molecule has 0 spiro atoms. The van der Waals surface area contributed by atoms with Crippen LogP contribution in [0.2, 0.25) is 0 Å². The molecule has 3 rings (SSSR count). The van der Waals surface area contributed by atoms with Crippen LogP contribution in [-0.2, 0) is 16.1 Å². The number of carbonyl (C=O) groups is 2. The molecular weight excluding hydrogens is 323 g/mol. The Morgan fingerprint density at radius 2 is 1.80 bits per heavy atom. The molecule has 0 saturated heterocycles. The monoisotopic (exact) mass is 340 g/mol. The molecule has 25 heavy (non-hydrogen) atoms. The predicted molar refractivity (Wildman–Crippen MR) is 89.7 cm³/mol. The van der Waals surface area contributed by atoms with Gasteiger partial charge in [-0.1, -0.05) is 42.5 Å². The molecule has 2 amide bonds. The lowest BCUT2D eigenvalue weighted by Crippen LogP contribution is -2.45. The highest BCUT2D eigenvalue weighted by Gasteiger charge is 2.32. The van der Waals surface area contributed by atoms with Gasteiger partial charge in [-0.3, -0.25) is 0 Å². The van der Waals surface area contributed by atoms with Crippen LogP contribution in [-0.4, -0.2) is 12.0 Å². The minimum absolute atomic E-state index is 0.0192. The lowest BCUT2D eigenvalue weighted by molar-refractivity contribution is -0.140. The summed E-state index contributed by atoms with van der Waals surface area (Å²) >= 11 is 0. The van der Waals surface area contributed by atoms with Crippen molar-refractivity contribution in [3.8, 4) is 0 Å². The van der Waals surface area contributed by atoms with E-state index >= 15 is 0 Å². The fourth-order valence-electron chi connectivity index (χ4n) is 2.67. The van der Waals surface area contributed by atoms with E-state index in [-0.39, 0.29) is 18.5 Å². The average molecular weight is 340 g/mol. The van der Waals surface area contributed by atoms with E-state index in [9.17, 15) is 14.0 Å². The van der Waals surface area contributed by atoms with Crippen LogP contribution in [0, 0.1) is 5.82 Å². The molecular formula is C19H17FN2O3. The highest BCUT2D eigenvalue weighted by atomic mass is 19.1. The average Bonchev–Trinajstić information content (AvgIpc) is 2.61. The zero-order valence-electron chi connectivity index (χ0n) is 13.6. The predicted octanol–water partition coefficient (Wildman–Crippen LogP) is 3.20. The number of nitrogens with one attached hydrogen (secondary N) is 2. The van der Waals surface area contributed by atoms with Gasteiger partial charge in [-0.05, 0) is 30.2 Å². The fraction of sp³-hybridized carbons (Fsp3) is 0.158. The Morgan fingerprint density at radius 3 is 2.48 bits per heavy atom. The van der Waals surface area contributed by atoms with Crippen LogP contribution in [0.25, 0.3) is 0 Å². The standard InChI is InChI=1S/C19H17FN2O3/c1-12-16(18(23)25-11-13-7-9-15(20)10-8-13)17(22-19(24)21-12)14-5-3-2-4-6-14/h2-10,17H,11H2,1H3,(H2,21,22,24). The first-order valence-electron chi connectivity index (χ1n) is 7.79. The Bertz CT molecular complexity index is 816. The second kappa shape index (κ2) is 7.17. The smallest absolute Gasteiger partial charge is 0.338 e. The number of hydrogen-bond acceptors (Lipinski definition) is 3. The lowest BCUT2D eigenvalue weighted by atomic mass is 9.96. The summed E-state index contributed by atoms with van der Waals surface area (Å²) in [6, 6.07) is 13.9. The molecule has 1 aliphatic heterocycles. The van der Waals surface area contributed by atoms with E-state index in [2.05, 4.69) is 10.6 Å². The van der Waals surface area contributed by atoms with Gasteiger partial charge < -0.3 is 15.4 Å². The zero-order valence-corrected chi connectivity index (χ0v) is 13.6. The summed E-state index contributed by atoms with van der Waals surface area (Å²) in [5, 5.41) is 5.34. The van der Waals surface area contributed by atoms with E-state index < -0.39 is 12.0 Å². The maximum absolute atomic E-state index is 12.9. The number of esters is 1. The molecule has 1 heterocycles. The molecule has 1 aliphatic rings. The number of urea groups is 1. The molecule has 1 unspecified atom stereocenters. The van der Waals surface area contributed by atoms with E-state index in [0.29, 0.717) is 16.8 Å². The topological polar surface area (TPSA) is 67.4 Å². The minimum atomic E-state index is -0.587. The molecule has 2 aromatic carbocycles. The SMILES string of the molecule is CC1=C(C(=O)OCc2ccc(F)cc2)C(c2ccccc2)NC(=O)N1. The van der Waals surface area contributed by atoms with Crippen molar-refractivity contribution in [2.45, 2.75) is 19.6 Å². The number of allylic oxidation sites excluding steroid dienone is 1. The van der Waals surface area contributed by atoms with Crippen molar-refractivity contribution in [2.75, 3.05) is 0 Å². The molecule has 0 aliphatic carbocycles. The van der Waals surface area contributed by atoms with Gasteiger partial charge >= 0.3 is 12.0 Å². The minimum Gasteiger partial charge on any atom is -0.457 e. The van der Waals surface area contributed by atoms with Gasteiger partial charge in [-0.25, -0.2) is 14.0 Å². The number of amides is 2. The van der Waals surface area contributed by atoms with Gasteiger partial charge in [0.05, 0.1) is 11.6 Å². The maximum Gasteiger partial charge on any atom is 0.338 e. The number of rotatable bonds is 4. The third-order valence-electron chi connectivity index (χ3n) is 3.91. The van der Waals surface area contributed by atoms with Crippen molar-refractivity contribution in [1.82, 2.24) is 10.6 Å². The van der Waals surface area contributed by atoms with E-state index in [1.807, 2.05) is 30.3 Å². The summed E-state index contributed by atoms with van der Waals surface area (Å²) in [5.41, 5.74) is 2.25. The Labute approximate surface area is 144 Å². The van der Waals surface area contributed by atoms with Crippen LogP contribution in [0.5, 0.6) is 0 Å². The van der Waals surface area contributed by atoms with Crippen LogP contribution in [0.4, 0.5) is 9.18 Å². The summed E-state index contributed by atoms with van der Waals surface area (Å²) in [6.07, 6.45) is 0. The molecule has 1 atom stereocenters. The number of ether oxygens (including phenoxy) is 1. The van der Waals surface area contributed by atoms with E-state index in [4.69, 9.17) is 4.74 Å². The highest BCUT2D eigenvalue weighted by Crippen LogP contribution is 2.27. The van der Waals surface area contributed by atoms with Crippen LogP contribution < -0.4 is 10.6 Å². The number of halogens is 1. The van der Waals surface area contributed by atoms with Crippen molar-refractivity contribution in [3.05, 3.63) is 82.8 Å². The molecule has 0 saturated carbocycles. The van der Waals surface area contributed by atoms with E-state index in [1.165, 1.54) is 12.1 Å². The summed E-state index contributed by atoms with van der Waals surface area (Å²) in [6.45, 7) is 1.68. The molecule has 2 aromatic rings. The molecule has 0 bridgehead atoms. The number of benzene rings is 2. The molecule has 0 fully saturated rings. The van der Waals surface area contributed by atoms with Crippen molar-refractivity contribution >= 4 is 12.0 Å². The Kier molecular flexibility index (Phi) is 4.79. The second-order valence-electron chi connectivity index (χ2n) is 5.68. The molecule has 0 aromatic heterocycles. The highest BCUT2D eigenvalue weighted by molar-refractivity contribution is 5.95. The molecule has 5 nitrogen and oxygen atoms in total. The first-order chi connectivity index (χ1) is 12.0. The lowest BCUT2D eigenvalue weighted by Gasteiger charge is -2.28. The van der Waals surface area contributed by atoms with Crippen molar-refractivity contribution in [1.29, 1.82) is 0 Å². The van der Waals surface area contributed by atoms with Crippen LogP contribution in [0.15, 0.2) is 65.9 Å². The second-order valence-corrected chi connectivity index (χ2v) is 5.68. The van der Waals surface area contributed by atoms with Crippen molar-refractivity contribution in [2.24, 2.45) is 0 Å². The van der Waals surface area contributed by atoms with E-state index in [1.54, 1.807) is 19.1 Å². The van der Waals surface area contributed by atoms with E-state index in [0.717, 1.165) is 5.56 Å². The van der Waals surface area contributed by atoms with Crippen LogP contribution in [0.3, 0.4) is 0 Å². The van der Waals surface area contributed by atoms with Gasteiger partial charge in [0, 0.05) is 5.70 Å². The number of carbonyl (C=O) groups excluding carboxylic acids is 2. The molecule has 6 heteroatoms. The summed E-state index contributed by atoms with van der Waals surface area (Å²) in [7, 11) is 0. The Hall–Kier alpha value is -3.15. The molecule has 0 radical (unpaired) electrons. The first kappa shape index (κ1) is 16.7. The summed E-state index contributed by atoms with van der Waals surface area (Å²) in [5.74, 6) is -0.889. The van der Waals surface area contributed by atoms with Crippen LogP contribution in [0.1, 0.15) is 24.1 Å². The normalized spacial score (nSPS) is 16.9. The van der Waals surface area contributed by atoms with Gasteiger partial charge in [0.15, 0.2) is 0 Å². The largest absolute Gasteiger partial charge is 0.457 e. The first-order valence-corrected chi connectivity index (χ1v) is 7.79. The fourth-order valence-corrected chi connectivity index (χ4v) is 2.67. The summed E-state index contributed by atoms with van der Waals surface area (Å²) in [4.78, 5) is 24.4. The number of hydrogen-bond donors (Lipinski definition) is 2. The molecule has 2 N–H and O–H groups in total. The Morgan fingerprint density at radius 1 is 1.12 bits per heavy atom. The van der Waals surface area contributed by atoms with Gasteiger partial charge in [-0.15, -0.1) is 0 Å². The third kappa shape index (κ3) is 3.85. The maximum atomic E-state index is 12.9. The van der Waals surface area contributed by atoms with Crippen molar-refractivity contribution < 1.29 is 18.7 Å². The van der Waals surface area contributed by atoms with Gasteiger partial charge in [-0.2, -0.15) is 0 Å². The quantitative estimate of drug-likeness (QED) is 0.840. The zero-order chi connectivity index (χ0) is 17.8. The van der Waals surface area contributed by atoms with Gasteiger partial charge in [0.2, 0.25) is 0 Å². The van der Waals surface area contributed by atoms with Crippen LogP contribution >= 0.6 is 0 Å². The third-order valence-corrected chi connectivity index (χ3v) is 3.91. The Balaban J connectivity index is 1.81.